The van der Waals surface area contributed by atoms with Gasteiger partial charge in [-0.1, -0.05) is 23.7 Å². The van der Waals surface area contributed by atoms with Gasteiger partial charge in [0.2, 0.25) is 5.91 Å². The molecule has 0 aliphatic rings. The lowest BCUT2D eigenvalue weighted by Crippen LogP contribution is -2.35. The highest BCUT2D eigenvalue weighted by molar-refractivity contribution is 6.33. The smallest absolute Gasteiger partial charge is 0.241 e. The highest BCUT2D eigenvalue weighted by atomic mass is 35.5. The number of nitrogens with one attached hydrogen (secondary N) is 2. The van der Waals surface area contributed by atoms with E-state index in [0.29, 0.717) is 5.02 Å². The lowest BCUT2D eigenvalue weighted by molar-refractivity contribution is -0.121. The Morgan fingerprint density at radius 2 is 2.07 bits per heavy atom. The number of amides is 1. The van der Waals surface area contributed by atoms with Crippen LogP contribution >= 0.6 is 11.6 Å². The van der Waals surface area contributed by atoms with Crippen molar-refractivity contribution in [2.45, 2.75) is 13.0 Å². The summed E-state index contributed by atoms with van der Waals surface area (Å²) in [6.07, 6.45) is 0. The van der Waals surface area contributed by atoms with Gasteiger partial charge in [-0.05, 0) is 19.1 Å². The van der Waals surface area contributed by atoms with E-state index in [-0.39, 0.29) is 11.9 Å². The zero-order valence-electron chi connectivity index (χ0n) is 8.17. The second-order valence-electron chi connectivity index (χ2n) is 2.96. The molecule has 0 bridgehead atoms. The number of hydrogen-bond acceptors (Lipinski definition) is 2. The van der Waals surface area contributed by atoms with E-state index in [1.54, 1.807) is 20.0 Å². The Morgan fingerprint density at radius 3 is 2.64 bits per heavy atom. The fourth-order valence-corrected chi connectivity index (χ4v) is 1.28. The van der Waals surface area contributed by atoms with Crippen molar-refractivity contribution in [2.75, 3.05) is 12.4 Å². The van der Waals surface area contributed by atoms with Crippen LogP contribution in [0.2, 0.25) is 5.02 Å². The number of anilines is 1. The third-order valence-electron chi connectivity index (χ3n) is 1.89. The Hall–Kier alpha value is -1.22. The summed E-state index contributed by atoms with van der Waals surface area (Å²) in [6, 6.07) is 7.03. The molecule has 0 aliphatic heterocycles. The Labute approximate surface area is 88.5 Å². The van der Waals surface area contributed by atoms with Gasteiger partial charge >= 0.3 is 0 Å². The summed E-state index contributed by atoms with van der Waals surface area (Å²) in [6.45, 7) is 1.78. The minimum absolute atomic E-state index is 0.0649. The predicted octanol–water partition coefficient (Wildman–Crippen LogP) is 1.89. The number of hydrogen-bond donors (Lipinski definition) is 2. The minimum atomic E-state index is -0.292. The molecule has 2 N–H and O–H groups in total. The maximum atomic E-state index is 11.2. The molecule has 0 spiro atoms. The highest BCUT2D eigenvalue weighted by Crippen LogP contribution is 2.20. The predicted molar refractivity (Wildman–Crippen MR) is 58.6 cm³/mol. The average molecular weight is 213 g/mol. The molecule has 76 valence electrons. The van der Waals surface area contributed by atoms with Crippen molar-refractivity contribution >= 4 is 23.2 Å². The first-order chi connectivity index (χ1) is 6.65. The van der Waals surface area contributed by atoms with Gasteiger partial charge in [-0.25, -0.2) is 0 Å². The number of likely N-dealkylation sites (N-methyl/N-ethyl adjacent to an activating group) is 1. The maximum absolute atomic E-state index is 11.2. The summed E-state index contributed by atoms with van der Waals surface area (Å²) in [4.78, 5) is 11.2. The number of para-hydroxylation sites is 1. The lowest BCUT2D eigenvalue weighted by Gasteiger charge is -2.14. The van der Waals surface area contributed by atoms with Gasteiger partial charge in [-0.3, -0.25) is 4.79 Å². The number of carbonyl (C=O) groups excluding carboxylic acids is 1. The molecular weight excluding hydrogens is 200 g/mol. The minimum Gasteiger partial charge on any atom is -0.373 e. The van der Waals surface area contributed by atoms with Gasteiger partial charge in [0.05, 0.1) is 10.7 Å². The number of halogens is 1. The molecule has 0 aromatic heterocycles. The molecule has 1 aromatic rings. The van der Waals surface area contributed by atoms with E-state index < -0.39 is 0 Å². The van der Waals surface area contributed by atoms with Gasteiger partial charge in [0.25, 0.3) is 0 Å². The Balaban J connectivity index is 2.69. The first kappa shape index (κ1) is 10.9. The van der Waals surface area contributed by atoms with Crippen LogP contribution in [0.3, 0.4) is 0 Å². The van der Waals surface area contributed by atoms with E-state index in [4.69, 9.17) is 11.6 Å². The topological polar surface area (TPSA) is 41.1 Å². The van der Waals surface area contributed by atoms with Crippen LogP contribution in [-0.2, 0) is 4.79 Å². The number of rotatable bonds is 3. The van der Waals surface area contributed by atoms with Crippen LogP contribution in [-0.4, -0.2) is 19.0 Å². The molecule has 14 heavy (non-hydrogen) atoms. The van der Waals surface area contributed by atoms with E-state index in [2.05, 4.69) is 10.6 Å². The third kappa shape index (κ3) is 2.64. The second-order valence-corrected chi connectivity index (χ2v) is 3.37. The normalized spacial score (nSPS) is 11.9. The highest BCUT2D eigenvalue weighted by Gasteiger charge is 2.11. The molecule has 0 saturated carbocycles. The summed E-state index contributed by atoms with van der Waals surface area (Å²) in [7, 11) is 1.60. The van der Waals surface area contributed by atoms with Gasteiger partial charge in [0.15, 0.2) is 0 Å². The summed E-state index contributed by atoms with van der Waals surface area (Å²) >= 11 is 5.92. The SMILES string of the molecule is CNC(=O)C(C)Nc1ccccc1Cl. The summed E-state index contributed by atoms with van der Waals surface area (Å²) in [5, 5.41) is 6.19. The van der Waals surface area contributed by atoms with E-state index in [1.807, 2.05) is 18.2 Å². The molecule has 0 radical (unpaired) electrons. The van der Waals surface area contributed by atoms with Crippen molar-refractivity contribution < 1.29 is 4.79 Å². The van der Waals surface area contributed by atoms with Crippen LogP contribution in [0.4, 0.5) is 5.69 Å². The standard InChI is InChI=1S/C10H13ClN2O/c1-7(10(14)12-2)13-9-6-4-3-5-8(9)11/h3-7,13H,1-2H3,(H,12,14). The molecular formula is C10H13ClN2O. The van der Waals surface area contributed by atoms with Gasteiger partial charge in [0, 0.05) is 7.05 Å². The van der Waals surface area contributed by atoms with E-state index in [1.165, 1.54) is 0 Å². The fourth-order valence-electron chi connectivity index (χ4n) is 1.09. The zero-order chi connectivity index (χ0) is 10.6. The zero-order valence-corrected chi connectivity index (χ0v) is 8.93. The molecule has 1 amide bonds. The molecule has 3 nitrogen and oxygen atoms in total. The number of carbonyl (C=O) groups is 1. The molecule has 0 fully saturated rings. The van der Waals surface area contributed by atoms with Crippen molar-refractivity contribution in [1.82, 2.24) is 5.32 Å². The maximum Gasteiger partial charge on any atom is 0.241 e. The van der Waals surface area contributed by atoms with Crippen molar-refractivity contribution in [3.05, 3.63) is 29.3 Å². The van der Waals surface area contributed by atoms with Crippen LogP contribution < -0.4 is 10.6 Å². The van der Waals surface area contributed by atoms with Crippen LogP contribution in [0.15, 0.2) is 24.3 Å². The molecule has 4 heteroatoms. The van der Waals surface area contributed by atoms with Gasteiger partial charge in [0.1, 0.15) is 6.04 Å². The van der Waals surface area contributed by atoms with Crippen molar-refractivity contribution in [3.8, 4) is 0 Å². The first-order valence-electron chi connectivity index (χ1n) is 4.38. The summed E-state index contributed by atoms with van der Waals surface area (Å²) in [5.74, 6) is -0.0649. The summed E-state index contributed by atoms with van der Waals surface area (Å²) < 4.78 is 0. The van der Waals surface area contributed by atoms with Crippen molar-refractivity contribution in [2.24, 2.45) is 0 Å². The molecule has 1 aromatic carbocycles. The van der Waals surface area contributed by atoms with Crippen LogP contribution in [0.1, 0.15) is 6.92 Å². The monoisotopic (exact) mass is 212 g/mol. The Bertz CT molecular complexity index is 328. The van der Waals surface area contributed by atoms with Gasteiger partial charge < -0.3 is 10.6 Å². The fraction of sp³-hybridized carbons (Fsp3) is 0.300. The molecule has 1 unspecified atom stereocenters. The molecule has 0 saturated heterocycles. The summed E-state index contributed by atoms with van der Waals surface area (Å²) in [5.41, 5.74) is 0.769. The lowest BCUT2D eigenvalue weighted by atomic mass is 10.2. The molecule has 1 atom stereocenters. The van der Waals surface area contributed by atoms with Gasteiger partial charge in [-0.15, -0.1) is 0 Å². The van der Waals surface area contributed by atoms with Crippen molar-refractivity contribution in [1.29, 1.82) is 0 Å². The number of benzene rings is 1. The van der Waals surface area contributed by atoms with E-state index in [9.17, 15) is 4.79 Å². The second kappa shape index (κ2) is 4.86. The van der Waals surface area contributed by atoms with E-state index in [0.717, 1.165) is 5.69 Å². The molecule has 1 rings (SSSR count). The Morgan fingerprint density at radius 1 is 1.43 bits per heavy atom. The third-order valence-corrected chi connectivity index (χ3v) is 2.22. The van der Waals surface area contributed by atoms with E-state index >= 15 is 0 Å². The van der Waals surface area contributed by atoms with Crippen LogP contribution in [0, 0.1) is 0 Å². The van der Waals surface area contributed by atoms with Gasteiger partial charge in [-0.2, -0.15) is 0 Å². The largest absolute Gasteiger partial charge is 0.373 e. The van der Waals surface area contributed by atoms with Crippen LogP contribution in [0.25, 0.3) is 0 Å². The average Bonchev–Trinajstić information content (AvgIpc) is 2.20. The first-order valence-corrected chi connectivity index (χ1v) is 4.75. The quantitative estimate of drug-likeness (QED) is 0.804. The molecule has 0 aliphatic carbocycles. The van der Waals surface area contributed by atoms with Crippen LogP contribution in [0.5, 0.6) is 0 Å². The van der Waals surface area contributed by atoms with Crippen molar-refractivity contribution in [3.63, 3.8) is 0 Å². The Kier molecular flexibility index (Phi) is 3.77. The molecule has 0 heterocycles.